The molecule has 1 aromatic heterocycles. The molecule has 0 saturated carbocycles. The maximum absolute atomic E-state index is 3.60. The Morgan fingerprint density at radius 3 is 2.80 bits per heavy atom. The van der Waals surface area contributed by atoms with Crippen LogP contribution in [0.25, 0.3) is 10.9 Å². The fourth-order valence-electron chi connectivity index (χ4n) is 2.66. The molecule has 102 valence electrons. The Labute approximate surface area is 119 Å². The van der Waals surface area contributed by atoms with Gasteiger partial charge in [0, 0.05) is 24.3 Å². The summed E-state index contributed by atoms with van der Waals surface area (Å²) in [6.45, 7) is 5.26. The van der Waals surface area contributed by atoms with Crippen LogP contribution in [0.2, 0.25) is 0 Å². The second-order valence-corrected chi connectivity index (χ2v) is 5.36. The molecule has 1 atom stereocenters. The predicted molar refractivity (Wildman–Crippen MR) is 84.7 cm³/mol. The molecular formula is C18H20N2. The van der Waals surface area contributed by atoms with E-state index in [9.17, 15) is 0 Å². The highest BCUT2D eigenvalue weighted by molar-refractivity contribution is 5.79. The second kappa shape index (κ2) is 5.51. The highest BCUT2D eigenvalue weighted by Gasteiger charge is 2.07. The van der Waals surface area contributed by atoms with Gasteiger partial charge in [-0.15, -0.1) is 0 Å². The van der Waals surface area contributed by atoms with Gasteiger partial charge >= 0.3 is 0 Å². The molecule has 0 fully saturated rings. The SMILES string of the molecule is Cc1ccccc1[C@H](C)NCc1ccc2cc[nH]c2c1. The quantitative estimate of drug-likeness (QED) is 0.721. The number of benzene rings is 2. The van der Waals surface area contributed by atoms with Crippen LogP contribution in [0.4, 0.5) is 0 Å². The number of nitrogens with one attached hydrogen (secondary N) is 2. The van der Waals surface area contributed by atoms with Gasteiger partial charge in [-0.1, -0.05) is 36.4 Å². The Morgan fingerprint density at radius 2 is 1.95 bits per heavy atom. The van der Waals surface area contributed by atoms with Crippen molar-refractivity contribution in [1.29, 1.82) is 0 Å². The molecule has 1 heterocycles. The maximum Gasteiger partial charge on any atom is 0.0457 e. The molecule has 0 saturated heterocycles. The van der Waals surface area contributed by atoms with Gasteiger partial charge in [-0.25, -0.2) is 0 Å². The van der Waals surface area contributed by atoms with E-state index < -0.39 is 0 Å². The van der Waals surface area contributed by atoms with E-state index in [1.165, 1.54) is 27.6 Å². The molecule has 0 unspecified atom stereocenters. The van der Waals surface area contributed by atoms with Gasteiger partial charge < -0.3 is 10.3 Å². The standard InChI is InChI=1S/C18H20N2/c1-13-5-3-4-6-17(13)14(2)20-12-15-7-8-16-9-10-19-18(16)11-15/h3-11,14,19-20H,12H2,1-2H3/t14-/m0/s1. The molecule has 0 aliphatic rings. The summed E-state index contributed by atoms with van der Waals surface area (Å²) < 4.78 is 0. The van der Waals surface area contributed by atoms with Gasteiger partial charge in [-0.3, -0.25) is 0 Å². The van der Waals surface area contributed by atoms with E-state index in [-0.39, 0.29) is 0 Å². The second-order valence-electron chi connectivity index (χ2n) is 5.36. The molecule has 0 spiro atoms. The van der Waals surface area contributed by atoms with E-state index in [0.717, 1.165) is 6.54 Å². The molecule has 20 heavy (non-hydrogen) atoms. The Morgan fingerprint density at radius 1 is 1.10 bits per heavy atom. The largest absolute Gasteiger partial charge is 0.361 e. The predicted octanol–water partition coefficient (Wildman–Crippen LogP) is 4.33. The summed E-state index contributed by atoms with van der Waals surface area (Å²) in [6, 6.07) is 17.6. The number of aryl methyl sites for hydroxylation is 1. The van der Waals surface area contributed by atoms with Crippen molar-refractivity contribution >= 4 is 10.9 Å². The van der Waals surface area contributed by atoms with Crippen LogP contribution >= 0.6 is 0 Å². The molecule has 0 aliphatic carbocycles. The van der Waals surface area contributed by atoms with E-state index in [0.29, 0.717) is 6.04 Å². The summed E-state index contributed by atoms with van der Waals surface area (Å²) >= 11 is 0. The molecule has 0 radical (unpaired) electrons. The topological polar surface area (TPSA) is 27.8 Å². The van der Waals surface area contributed by atoms with Gasteiger partial charge in [0.2, 0.25) is 0 Å². The average molecular weight is 264 g/mol. The van der Waals surface area contributed by atoms with Crippen molar-refractivity contribution in [1.82, 2.24) is 10.3 Å². The van der Waals surface area contributed by atoms with E-state index >= 15 is 0 Å². The van der Waals surface area contributed by atoms with E-state index in [1.54, 1.807) is 0 Å². The fourth-order valence-corrected chi connectivity index (χ4v) is 2.66. The van der Waals surface area contributed by atoms with Crippen LogP contribution in [0, 0.1) is 6.92 Å². The molecule has 3 aromatic rings. The lowest BCUT2D eigenvalue weighted by atomic mass is 10.0. The summed E-state index contributed by atoms with van der Waals surface area (Å²) in [4.78, 5) is 3.26. The van der Waals surface area contributed by atoms with Crippen LogP contribution in [0.3, 0.4) is 0 Å². The Kier molecular flexibility index (Phi) is 3.57. The maximum atomic E-state index is 3.60. The first-order valence-corrected chi connectivity index (χ1v) is 7.09. The zero-order valence-corrected chi connectivity index (χ0v) is 12.0. The van der Waals surface area contributed by atoms with Crippen molar-refractivity contribution in [2.75, 3.05) is 0 Å². The van der Waals surface area contributed by atoms with Crippen LogP contribution in [-0.4, -0.2) is 4.98 Å². The number of hydrogen-bond donors (Lipinski definition) is 2. The van der Waals surface area contributed by atoms with Gasteiger partial charge in [-0.05, 0) is 48.1 Å². The van der Waals surface area contributed by atoms with Crippen LogP contribution in [0.5, 0.6) is 0 Å². The average Bonchev–Trinajstić information content (AvgIpc) is 2.92. The monoisotopic (exact) mass is 264 g/mol. The molecule has 0 amide bonds. The summed E-state index contributed by atoms with van der Waals surface area (Å²) in [6.07, 6.45) is 1.98. The van der Waals surface area contributed by atoms with Crippen LogP contribution < -0.4 is 5.32 Å². The third kappa shape index (κ3) is 2.61. The van der Waals surface area contributed by atoms with Gasteiger partial charge in [-0.2, -0.15) is 0 Å². The molecule has 0 aliphatic heterocycles. The Bertz CT molecular complexity index is 712. The summed E-state index contributed by atoms with van der Waals surface area (Å²) in [7, 11) is 0. The van der Waals surface area contributed by atoms with E-state index in [1.807, 2.05) is 6.20 Å². The molecule has 2 N–H and O–H groups in total. The summed E-state index contributed by atoms with van der Waals surface area (Å²) in [5.74, 6) is 0. The van der Waals surface area contributed by atoms with Crippen LogP contribution in [0.1, 0.15) is 29.7 Å². The van der Waals surface area contributed by atoms with E-state index in [2.05, 4.69) is 72.7 Å². The van der Waals surface area contributed by atoms with Gasteiger partial charge in [0.25, 0.3) is 0 Å². The zero-order chi connectivity index (χ0) is 13.9. The fraction of sp³-hybridized carbons (Fsp3) is 0.222. The Balaban J connectivity index is 1.71. The number of aromatic amines is 1. The van der Waals surface area contributed by atoms with Crippen molar-refractivity contribution in [3.8, 4) is 0 Å². The molecule has 3 rings (SSSR count). The number of rotatable bonds is 4. The van der Waals surface area contributed by atoms with E-state index in [4.69, 9.17) is 0 Å². The molecular weight excluding hydrogens is 244 g/mol. The minimum Gasteiger partial charge on any atom is -0.361 e. The smallest absolute Gasteiger partial charge is 0.0457 e. The van der Waals surface area contributed by atoms with Crippen molar-refractivity contribution in [2.45, 2.75) is 26.4 Å². The Hall–Kier alpha value is -2.06. The first-order valence-electron chi connectivity index (χ1n) is 7.09. The molecule has 2 nitrogen and oxygen atoms in total. The molecule has 2 aromatic carbocycles. The van der Waals surface area contributed by atoms with Crippen molar-refractivity contribution < 1.29 is 0 Å². The highest BCUT2D eigenvalue weighted by atomic mass is 14.9. The lowest BCUT2D eigenvalue weighted by Crippen LogP contribution is -2.18. The third-order valence-corrected chi connectivity index (χ3v) is 3.89. The van der Waals surface area contributed by atoms with Crippen LogP contribution in [-0.2, 0) is 6.54 Å². The first kappa shape index (κ1) is 12.9. The minimum atomic E-state index is 0.357. The molecule has 0 bridgehead atoms. The minimum absolute atomic E-state index is 0.357. The van der Waals surface area contributed by atoms with Gasteiger partial charge in [0.05, 0.1) is 0 Å². The lowest BCUT2D eigenvalue weighted by Gasteiger charge is -2.16. The van der Waals surface area contributed by atoms with Crippen molar-refractivity contribution in [3.63, 3.8) is 0 Å². The van der Waals surface area contributed by atoms with Crippen molar-refractivity contribution in [2.24, 2.45) is 0 Å². The number of H-pyrrole nitrogens is 1. The normalized spacial score (nSPS) is 12.7. The van der Waals surface area contributed by atoms with Crippen LogP contribution in [0.15, 0.2) is 54.7 Å². The lowest BCUT2D eigenvalue weighted by molar-refractivity contribution is 0.572. The first-order chi connectivity index (χ1) is 9.74. The summed E-state index contributed by atoms with van der Waals surface area (Å²) in [5, 5.41) is 4.86. The number of fused-ring (bicyclic) bond motifs is 1. The highest BCUT2D eigenvalue weighted by Crippen LogP contribution is 2.18. The van der Waals surface area contributed by atoms with Crippen molar-refractivity contribution in [3.05, 3.63) is 71.4 Å². The summed E-state index contributed by atoms with van der Waals surface area (Å²) in [5.41, 5.74) is 5.22. The molecule has 2 heteroatoms. The number of hydrogen-bond acceptors (Lipinski definition) is 1. The van der Waals surface area contributed by atoms with Gasteiger partial charge in [0.15, 0.2) is 0 Å². The number of aromatic nitrogens is 1. The third-order valence-electron chi connectivity index (χ3n) is 3.89. The zero-order valence-electron chi connectivity index (χ0n) is 12.0. The van der Waals surface area contributed by atoms with Gasteiger partial charge in [0.1, 0.15) is 0 Å².